The summed E-state index contributed by atoms with van der Waals surface area (Å²) in [5.74, 6) is 1.55. The molecule has 5 nitrogen and oxygen atoms in total. The number of hydrogen-bond acceptors (Lipinski definition) is 5. The van der Waals surface area contributed by atoms with Crippen LogP contribution in [0.3, 0.4) is 0 Å². The Morgan fingerprint density at radius 1 is 1.35 bits per heavy atom. The van der Waals surface area contributed by atoms with Crippen molar-refractivity contribution < 1.29 is 14.2 Å². The number of morpholine rings is 1. The van der Waals surface area contributed by atoms with Crippen molar-refractivity contribution in [3.05, 3.63) is 23.8 Å². The van der Waals surface area contributed by atoms with Crippen LogP contribution in [-0.2, 0) is 11.3 Å². The van der Waals surface area contributed by atoms with E-state index in [4.69, 9.17) is 19.9 Å². The van der Waals surface area contributed by atoms with Crippen LogP contribution in [0.1, 0.15) is 12.5 Å². The Morgan fingerprint density at radius 3 is 2.85 bits per heavy atom. The summed E-state index contributed by atoms with van der Waals surface area (Å²) in [6, 6.07) is 5.74. The van der Waals surface area contributed by atoms with Crippen molar-refractivity contribution >= 4 is 0 Å². The van der Waals surface area contributed by atoms with Crippen LogP contribution in [0.15, 0.2) is 18.2 Å². The second kappa shape index (κ2) is 7.47. The molecule has 0 saturated carbocycles. The molecule has 2 rings (SSSR count). The van der Waals surface area contributed by atoms with Gasteiger partial charge in [0.05, 0.1) is 13.7 Å². The van der Waals surface area contributed by atoms with E-state index in [0.29, 0.717) is 13.2 Å². The zero-order valence-electron chi connectivity index (χ0n) is 12.3. The lowest BCUT2D eigenvalue weighted by atomic mass is 10.2. The molecule has 1 unspecified atom stereocenters. The van der Waals surface area contributed by atoms with Crippen molar-refractivity contribution in [3.63, 3.8) is 0 Å². The number of benzene rings is 1. The van der Waals surface area contributed by atoms with E-state index in [0.717, 1.165) is 43.3 Å². The summed E-state index contributed by atoms with van der Waals surface area (Å²) in [5, 5.41) is 0. The van der Waals surface area contributed by atoms with Gasteiger partial charge in [-0.25, -0.2) is 0 Å². The summed E-state index contributed by atoms with van der Waals surface area (Å²) in [6.45, 7) is 6.93. The van der Waals surface area contributed by atoms with Crippen LogP contribution in [0.2, 0.25) is 0 Å². The lowest BCUT2D eigenvalue weighted by Crippen LogP contribution is -2.44. The molecule has 20 heavy (non-hydrogen) atoms. The SMILES string of the molecule is CCN1CCOC(COc2cc(CN)cc(OC)c2)C1. The van der Waals surface area contributed by atoms with Crippen molar-refractivity contribution in [3.8, 4) is 11.5 Å². The highest BCUT2D eigenvalue weighted by atomic mass is 16.5. The maximum atomic E-state index is 5.84. The van der Waals surface area contributed by atoms with E-state index in [2.05, 4.69) is 11.8 Å². The first-order valence-electron chi connectivity index (χ1n) is 7.10. The Hall–Kier alpha value is -1.30. The van der Waals surface area contributed by atoms with Gasteiger partial charge >= 0.3 is 0 Å². The Morgan fingerprint density at radius 2 is 2.15 bits per heavy atom. The largest absolute Gasteiger partial charge is 0.497 e. The normalized spacial score (nSPS) is 19.9. The highest BCUT2D eigenvalue weighted by molar-refractivity contribution is 5.38. The summed E-state index contributed by atoms with van der Waals surface area (Å²) in [4.78, 5) is 2.37. The summed E-state index contributed by atoms with van der Waals surface area (Å²) in [7, 11) is 1.64. The fraction of sp³-hybridized carbons (Fsp3) is 0.600. The minimum absolute atomic E-state index is 0.122. The molecular weight excluding hydrogens is 256 g/mol. The molecule has 5 heteroatoms. The van der Waals surface area contributed by atoms with Crippen LogP contribution < -0.4 is 15.2 Å². The summed E-state index contributed by atoms with van der Waals surface area (Å²) >= 11 is 0. The number of nitrogens with zero attached hydrogens (tertiary/aromatic N) is 1. The van der Waals surface area contributed by atoms with Gasteiger partial charge in [0.1, 0.15) is 24.2 Å². The van der Waals surface area contributed by atoms with Gasteiger partial charge in [0.2, 0.25) is 0 Å². The summed E-state index contributed by atoms with van der Waals surface area (Å²) in [5.41, 5.74) is 6.67. The smallest absolute Gasteiger partial charge is 0.123 e. The van der Waals surface area contributed by atoms with Gasteiger partial charge in [-0.3, -0.25) is 4.90 Å². The van der Waals surface area contributed by atoms with Crippen molar-refractivity contribution in [2.24, 2.45) is 5.73 Å². The van der Waals surface area contributed by atoms with Gasteiger partial charge in [-0.05, 0) is 24.2 Å². The zero-order chi connectivity index (χ0) is 14.4. The molecule has 0 bridgehead atoms. The number of rotatable bonds is 6. The van der Waals surface area contributed by atoms with Gasteiger partial charge in [-0.2, -0.15) is 0 Å². The standard InChI is InChI=1S/C15H24N2O3/c1-3-17-4-5-19-15(10-17)11-20-14-7-12(9-16)6-13(8-14)18-2/h6-8,15H,3-5,9-11,16H2,1-2H3. The first kappa shape index (κ1) is 15.1. The van der Waals surface area contributed by atoms with Crippen molar-refractivity contribution in [1.82, 2.24) is 4.90 Å². The summed E-state index contributed by atoms with van der Waals surface area (Å²) in [6.07, 6.45) is 0.122. The molecule has 1 aliphatic heterocycles. The van der Waals surface area contributed by atoms with Gasteiger partial charge in [-0.15, -0.1) is 0 Å². The van der Waals surface area contributed by atoms with E-state index >= 15 is 0 Å². The third kappa shape index (κ3) is 4.10. The maximum Gasteiger partial charge on any atom is 0.123 e. The third-order valence-corrected chi connectivity index (χ3v) is 3.52. The Kier molecular flexibility index (Phi) is 5.64. The fourth-order valence-corrected chi connectivity index (χ4v) is 2.31. The molecule has 1 aliphatic rings. The van der Waals surface area contributed by atoms with Gasteiger partial charge in [-0.1, -0.05) is 6.92 Å². The van der Waals surface area contributed by atoms with Crippen molar-refractivity contribution in [2.45, 2.75) is 19.6 Å². The predicted molar refractivity (Wildman–Crippen MR) is 78.2 cm³/mol. The van der Waals surface area contributed by atoms with Crippen LogP contribution in [0, 0.1) is 0 Å². The molecule has 0 aromatic heterocycles. The number of ether oxygens (including phenoxy) is 3. The van der Waals surface area contributed by atoms with Crippen molar-refractivity contribution in [2.75, 3.05) is 40.0 Å². The molecule has 1 atom stereocenters. The van der Waals surface area contributed by atoms with E-state index in [1.807, 2.05) is 18.2 Å². The van der Waals surface area contributed by atoms with Crippen LogP contribution in [0.4, 0.5) is 0 Å². The van der Waals surface area contributed by atoms with E-state index < -0.39 is 0 Å². The molecule has 1 heterocycles. The second-order valence-corrected chi connectivity index (χ2v) is 4.92. The molecule has 1 aromatic carbocycles. The van der Waals surface area contributed by atoms with E-state index in [9.17, 15) is 0 Å². The summed E-state index contributed by atoms with van der Waals surface area (Å²) < 4.78 is 16.8. The quantitative estimate of drug-likeness (QED) is 0.850. The lowest BCUT2D eigenvalue weighted by Gasteiger charge is -2.31. The molecule has 0 radical (unpaired) electrons. The Labute approximate surface area is 120 Å². The molecule has 1 saturated heterocycles. The first-order valence-corrected chi connectivity index (χ1v) is 7.10. The number of methoxy groups -OCH3 is 1. The van der Waals surface area contributed by atoms with Crippen LogP contribution in [0.25, 0.3) is 0 Å². The van der Waals surface area contributed by atoms with E-state index in [1.54, 1.807) is 7.11 Å². The van der Waals surface area contributed by atoms with Gasteiger partial charge < -0.3 is 19.9 Å². The van der Waals surface area contributed by atoms with Gasteiger partial charge in [0, 0.05) is 25.7 Å². The number of hydrogen-bond donors (Lipinski definition) is 1. The predicted octanol–water partition coefficient (Wildman–Crippen LogP) is 1.25. The van der Waals surface area contributed by atoms with Gasteiger partial charge in [0.15, 0.2) is 0 Å². The second-order valence-electron chi connectivity index (χ2n) is 4.92. The molecule has 112 valence electrons. The molecule has 2 N–H and O–H groups in total. The minimum Gasteiger partial charge on any atom is -0.497 e. The van der Waals surface area contributed by atoms with Gasteiger partial charge in [0.25, 0.3) is 0 Å². The topological polar surface area (TPSA) is 57.0 Å². The average Bonchev–Trinajstić information content (AvgIpc) is 2.52. The maximum absolute atomic E-state index is 5.84. The zero-order valence-corrected chi connectivity index (χ0v) is 12.3. The average molecular weight is 280 g/mol. The molecule has 0 amide bonds. The number of nitrogens with two attached hydrogens (primary N) is 1. The van der Waals surface area contributed by atoms with Crippen LogP contribution in [-0.4, -0.2) is 51.0 Å². The molecule has 0 spiro atoms. The van der Waals surface area contributed by atoms with E-state index in [-0.39, 0.29) is 6.10 Å². The third-order valence-electron chi connectivity index (χ3n) is 3.52. The monoisotopic (exact) mass is 280 g/mol. The minimum atomic E-state index is 0.122. The first-order chi connectivity index (χ1) is 9.75. The van der Waals surface area contributed by atoms with Crippen molar-refractivity contribution in [1.29, 1.82) is 0 Å². The number of likely N-dealkylation sites (N-methyl/N-ethyl adjacent to an activating group) is 1. The molecule has 1 aromatic rings. The Bertz CT molecular complexity index is 403. The molecule has 0 aliphatic carbocycles. The Balaban J connectivity index is 1.92. The molecular formula is C15H24N2O3. The highest BCUT2D eigenvalue weighted by Gasteiger charge is 2.19. The molecule has 1 fully saturated rings. The van der Waals surface area contributed by atoms with E-state index in [1.165, 1.54) is 0 Å². The fourth-order valence-electron chi connectivity index (χ4n) is 2.31. The van der Waals surface area contributed by atoms with Crippen LogP contribution >= 0.6 is 0 Å². The highest BCUT2D eigenvalue weighted by Crippen LogP contribution is 2.23. The van der Waals surface area contributed by atoms with Crippen LogP contribution in [0.5, 0.6) is 11.5 Å². The lowest BCUT2D eigenvalue weighted by molar-refractivity contribution is -0.0464.